The number of carbonyl (C=O) groups is 2. The quantitative estimate of drug-likeness (QED) is 0.647. The van der Waals surface area contributed by atoms with E-state index in [0.29, 0.717) is 43.7 Å². The molecule has 0 atom stereocenters. The Bertz CT molecular complexity index is 1090. The molecular weight excluding hydrogens is 402 g/mol. The standard InChI is InChI=1S/C26H27N3O3/c1-32-23-4-2-3-22(17-23)24(30)29-15-11-26(12-16-29,25(27)31)18-19-5-7-20(8-6-19)21-9-13-28-14-10-21/h2-10,13-14,17H,11-12,15-16,18H2,1H3,(H2,27,31). The van der Waals surface area contributed by atoms with Gasteiger partial charge < -0.3 is 15.4 Å². The van der Waals surface area contributed by atoms with Gasteiger partial charge in [0.25, 0.3) is 5.91 Å². The number of hydrogen-bond acceptors (Lipinski definition) is 4. The molecule has 6 heteroatoms. The fourth-order valence-corrected chi connectivity index (χ4v) is 4.34. The Morgan fingerprint density at radius 1 is 1.00 bits per heavy atom. The molecular formula is C26H27N3O3. The number of carbonyl (C=O) groups excluding carboxylic acids is 2. The van der Waals surface area contributed by atoms with Crippen molar-refractivity contribution in [1.29, 1.82) is 0 Å². The summed E-state index contributed by atoms with van der Waals surface area (Å²) >= 11 is 0. The largest absolute Gasteiger partial charge is 0.497 e. The van der Waals surface area contributed by atoms with Gasteiger partial charge in [0.05, 0.1) is 12.5 Å². The Kier molecular flexibility index (Phi) is 6.21. The maximum absolute atomic E-state index is 12.9. The second-order valence-electron chi connectivity index (χ2n) is 8.28. The van der Waals surface area contributed by atoms with Crippen molar-refractivity contribution in [3.8, 4) is 16.9 Å². The van der Waals surface area contributed by atoms with Crippen LogP contribution in [0.4, 0.5) is 0 Å². The van der Waals surface area contributed by atoms with Crippen LogP contribution < -0.4 is 10.5 Å². The lowest BCUT2D eigenvalue weighted by atomic mass is 9.73. The molecule has 32 heavy (non-hydrogen) atoms. The van der Waals surface area contributed by atoms with Crippen LogP contribution in [-0.4, -0.2) is 41.9 Å². The molecule has 3 aromatic rings. The van der Waals surface area contributed by atoms with Crippen LogP contribution in [0.1, 0.15) is 28.8 Å². The Labute approximate surface area is 188 Å². The van der Waals surface area contributed by atoms with E-state index in [-0.39, 0.29) is 11.8 Å². The molecule has 0 bridgehead atoms. The van der Waals surface area contributed by atoms with Crippen LogP contribution in [0.25, 0.3) is 11.1 Å². The SMILES string of the molecule is COc1cccc(C(=O)N2CCC(Cc3ccc(-c4ccncc4)cc3)(C(N)=O)CC2)c1. The van der Waals surface area contributed by atoms with E-state index in [9.17, 15) is 9.59 Å². The number of ether oxygens (including phenoxy) is 1. The van der Waals surface area contributed by atoms with Gasteiger partial charge in [-0.15, -0.1) is 0 Å². The topological polar surface area (TPSA) is 85.5 Å². The van der Waals surface area contributed by atoms with E-state index >= 15 is 0 Å². The van der Waals surface area contributed by atoms with Crippen LogP contribution in [0, 0.1) is 5.41 Å². The minimum absolute atomic E-state index is 0.0522. The third kappa shape index (κ3) is 4.49. The van der Waals surface area contributed by atoms with E-state index in [1.54, 1.807) is 42.6 Å². The number of primary amides is 1. The molecule has 164 valence electrons. The number of rotatable bonds is 6. The third-order valence-electron chi connectivity index (χ3n) is 6.36. The van der Waals surface area contributed by atoms with Gasteiger partial charge in [0.2, 0.25) is 5.91 Å². The number of likely N-dealkylation sites (tertiary alicyclic amines) is 1. The van der Waals surface area contributed by atoms with Crippen molar-refractivity contribution in [3.05, 3.63) is 84.2 Å². The molecule has 2 heterocycles. The second-order valence-corrected chi connectivity index (χ2v) is 8.28. The predicted molar refractivity (Wildman–Crippen MR) is 123 cm³/mol. The number of nitrogens with zero attached hydrogens (tertiary/aromatic N) is 2. The number of amides is 2. The van der Waals surface area contributed by atoms with E-state index in [1.165, 1.54) is 0 Å². The lowest BCUT2D eigenvalue weighted by molar-refractivity contribution is -0.130. The zero-order valence-corrected chi connectivity index (χ0v) is 18.2. The summed E-state index contributed by atoms with van der Waals surface area (Å²) in [5.41, 5.74) is 9.07. The highest BCUT2D eigenvalue weighted by Gasteiger charge is 2.41. The van der Waals surface area contributed by atoms with Crippen molar-refractivity contribution in [2.45, 2.75) is 19.3 Å². The van der Waals surface area contributed by atoms with Crippen LogP contribution in [0.5, 0.6) is 5.75 Å². The monoisotopic (exact) mass is 429 g/mol. The van der Waals surface area contributed by atoms with Crippen molar-refractivity contribution >= 4 is 11.8 Å². The summed E-state index contributed by atoms with van der Waals surface area (Å²) in [7, 11) is 1.58. The van der Waals surface area contributed by atoms with Crippen molar-refractivity contribution in [2.75, 3.05) is 20.2 Å². The Morgan fingerprint density at radius 3 is 2.28 bits per heavy atom. The van der Waals surface area contributed by atoms with E-state index in [1.807, 2.05) is 30.3 Å². The zero-order chi connectivity index (χ0) is 22.6. The van der Waals surface area contributed by atoms with E-state index in [2.05, 4.69) is 17.1 Å². The van der Waals surface area contributed by atoms with E-state index in [4.69, 9.17) is 10.5 Å². The minimum Gasteiger partial charge on any atom is -0.497 e. The fraction of sp³-hybridized carbons (Fsp3) is 0.269. The van der Waals surface area contributed by atoms with Gasteiger partial charge in [-0.3, -0.25) is 14.6 Å². The van der Waals surface area contributed by atoms with Gasteiger partial charge in [0.1, 0.15) is 5.75 Å². The maximum Gasteiger partial charge on any atom is 0.253 e. The number of nitrogens with two attached hydrogens (primary N) is 1. The summed E-state index contributed by atoms with van der Waals surface area (Å²) in [6.07, 6.45) is 5.20. The number of hydrogen-bond donors (Lipinski definition) is 1. The average molecular weight is 430 g/mol. The van der Waals surface area contributed by atoms with Crippen LogP contribution in [0.3, 0.4) is 0 Å². The summed E-state index contributed by atoms with van der Waals surface area (Å²) in [4.78, 5) is 31.3. The molecule has 0 saturated carbocycles. The smallest absolute Gasteiger partial charge is 0.253 e. The Balaban J connectivity index is 1.45. The molecule has 0 unspecified atom stereocenters. The van der Waals surface area contributed by atoms with Gasteiger partial charge in [-0.05, 0) is 66.3 Å². The van der Waals surface area contributed by atoms with Gasteiger partial charge in [-0.2, -0.15) is 0 Å². The van der Waals surface area contributed by atoms with E-state index < -0.39 is 5.41 Å². The van der Waals surface area contributed by atoms with Gasteiger partial charge in [-0.25, -0.2) is 0 Å². The summed E-state index contributed by atoms with van der Waals surface area (Å²) in [5.74, 6) is 0.294. The van der Waals surface area contributed by atoms with Crippen molar-refractivity contribution in [1.82, 2.24) is 9.88 Å². The number of piperidine rings is 1. The molecule has 1 saturated heterocycles. The van der Waals surface area contributed by atoms with Crippen molar-refractivity contribution < 1.29 is 14.3 Å². The first-order valence-corrected chi connectivity index (χ1v) is 10.7. The van der Waals surface area contributed by atoms with Crippen LogP contribution in [-0.2, 0) is 11.2 Å². The van der Waals surface area contributed by atoms with Crippen molar-refractivity contribution in [2.24, 2.45) is 11.1 Å². The lowest BCUT2D eigenvalue weighted by Gasteiger charge is -2.40. The van der Waals surface area contributed by atoms with Gasteiger partial charge in [-0.1, -0.05) is 30.3 Å². The maximum atomic E-state index is 12.9. The number of benzene rings is 2. The zero-order valence-electron chi connectivity index (χ0n) is 18.2. The number of aromatic nitrogens is 1. The molecule has 2 N–H and O–H groups in total. The van der Waals surface area contributed by atoms with Crippen LogP contribution >= 0.6 is 0 Å². The molecule has 1 fully saturated rings. The average Bonchev–Trinajstić information content (AvgIpc) is 2.85. The predicted octanol–water partition coefficient (Wildman–Crippen LogP) is 3.71. The molecule has 0 spiro atoms. The molecule has 4 rings (SSSR count). The Hall–Kier alpha value is -3.67. The molecule has 0 aliphatic carbocycles. The first-order valence-electron chi connectivity index (χ1n) is 10.7. The highest BCUT2D eigenvalue weighted by atomic mass is 16.5. The highest BCUT2D eigenvalue weighted by molar-refractivity contribution is 5.95. The molecule has 1 aliphatic rings. The Morgan fingerprint density at radius 2 is 1.66 bits per heavy atom. The first-order chi connectivity index (χ1) is 15.5. The molecule has 1 aromatic heterocycles. The summed E-state index contributed by atoms with van der Waals surface area (Å²) in [6, 6.07) is 19.3. The first kappa shape index (κ1) is 21.6. The second kappa shape index (κ2) is 9.22. The molecule has 6 nitrogen and oxygen atoms in total. The van der Waals surface area contributed by atoms with Crippen molar-refractivity contribution in [3.63, 3.8) is 0 Å². The molecule has 1 aliphatic heterocycles. The number of pyridine rings is 1. The molecule has 2 amide bonds. The van der Waals surface area contributed by atoms with Gasteiger partial charge in [0.15, 0.2) is 0 Å². The number of methoxy groups -OCH3 is 1. The molecule has 2 aromatic carbocycles. The van der Waals surface area contributed by atoms with Crippen LogP contribution in [0.2, 0.25) is 0 Å². The lowest BCUT2D eigenvalue weighted by Crippen LogP contribution is -2.49. The summed E-state index contributed by atoms with van der Waals surface area (Å²) in [5, 5.41) is 0. The van der Waals surface area contributed by atoms with Gasteiger partial charge >= 0.3 is 0 Å². The normalized spacial score (nSPS) is 15.2. The third-order valence-corrected chi connectivity index (χ3v) is 6.36. The fourth-order valence-electron chi connectivity index (χ4n) is 4.34. The van der Waals surface area contributed by atoms with E-state index in [0.717, 1.165) is 16.7 Å². The van der Waals surface area contributed by atoms with Gasteiger partial charge in [0, 0.05) is 31.0 Å². The highest BCUT2D eigenvalue weighted by Crippen LogP contribution is 2.36. The summed E-state index contributed by atoms with van der Waals surface area (Å²) in [6.45, 7) is 0.988. The summed E-state index contributed by atoms with van der Waals surface area (Å²) < 4.78 is 5.22. The molecule has 0 radical (unpaired) electrons. The minimum atomic E-state index is -0.649. The van der Waals surface area contributed by atoms with Crippen LogP contribution in [0.15, 0.2) is 73.1 Å².